The Morgan fingerprint density at radius 2 is 0.957 bits per heavy atom. The average Bonchev–Trinajstić information content (AvgIpc) is 2.47. The van der Waals surface area contributed by atoms with Gasteiger partial charge in [-0.15, -0.1) is 0 Å². The Morgan fingerprint density at radius 3 is 1.17 bits per heavy atom. The van der Waals surface area contributed by atoms with Gasteiger partial charge in [0.15, 0.2) is 0 Å². The van der Waals surface area contributed by atoms with Gasteiger partial charge >= 0.3 is 11.9 Å². The maximum Gasteiger partial charge on any atom is 0.312 e. The molecule has 2 atom stereocenters. The predicted molar refractivity (Wildman–Crippen MR) is 90.9 cm³/mol. The molecule has 0 amide bonds. The van der Waals surface area contributed by atoms with Gasteiger partial charge in [0.25, 0.3) is 0 Å². The number of hydrogen-bond acceptors (Lipinski definition) is 4. The molecule has 0 saturated heterocycles. The topological polar surface area (TPSA) is 52.6 Å². The highest BCUT2D eigenvalue weighted by Gasteiger charge is 2.66. The van der Waals surface area contributed by atoms with E-state index in [9.17, 15) is 9.59 Å². The normalized spacial score (nSPS) is 30.9. The van der Waals surface area contributed by atoms with E-state index >= 15 is 0 Å². The number of ether oxygens (including phenoxy) is 2. The van der Waals surface area contributed by atoms with Gasteiger partial charge in [-0.05, 0) is 73.6 Å². The SMILES string of the molecule is CC(C)(C)OC(=O)C1(C)CC[C@](C)(C(=O)OC(C)(C)C)C1(C)C. The van der Waals surface area contributed by atoms with E-state index in [4.69, 9.17) is 9.47 Å². The summed E-state index contributed by atoms with van der Waals surface area (Å²) in [7, 11) is 0. The Morgan fingerprint density at radius 1 is 0.696 bits per heavy atom. The first kappa shape index (κ1) is 20.0. The highest BCUT2D eigenvalue weighted by molar-refractivity contribution is 5.84. The number of hydrogen-bond donors (Lipinski definition) is 0. The molecule has 0 aromatic rings. The summed E-state index contributed by atoms with van der Waals surface area (Å²) >= 11 is 0. The van der Waals surface area contributed by atoms with Crippen LogP contribution in [0.25, 0.3) is 0 Å². The monoisotopic (exact) mass is 326 g/mol. The second-order valence-electron chi connectivity index (χ2n) is 9.79. The standard InChI is InChI=1S/C19H34O4/c1-15(2,3)22-13(20)18(9)11-12-19(10,17(18,7)8)14(21)23-16(4,5)6/h11-12H2,1-10H3/t18-,19?/m1/s1. The van der Waals surface area contributed by atoms with Crippen molar-refractivity contribution in [2.24, 2.45) is 16.2 Å². The fourth-order valence-corrected chi connectivity index (χ4v) is 3.23. The smallest absolute Gasteiger partial charge is 0.312 e. The first-order chi connectivity index (χ1) is 9.96. The molecule has 1 fully saturated rings. The molecular weight excluding hydrogens is 292 g/mol. The van der Waals surface area contributed by atoms with Gasteiger partial charge in [0.1, 0.15) is 11.2 Å². The number of esters is 2. The lowest BCUT2D eigenvalue weighted by atomic mass is 9.59. The highest BCUT2D eigenvalue weighted by Crippen LogP contribution is 2.63. The summed E-state index contributed by atoms with van der Waals surface area (Å²) in [5.41, 5.74) is -3.08. The van der Waals surface area contributed by atoms with E-state index in [-0.39, 0.29) is 11.9 Å². The number of rotatable bonds is 2. The quantitative estimate of drug-likeness (QED) is 0.701. The molecule has 0 bridgehead atoms. The van der Waals surface area contributed by atoms with E-state index in [1.807, 2.05) is 69.2 Å². The van der Waals surface area contributed by atoms with Crippen LogP contribution in [-0.2, 0) is 19.1 Å². The Kier molecular flexibility index (Phi) is 4.77. The van der Waals surface area contributed by atoms with Gasteiger partial charge < -0.3 is 9.47 Å². The van der Waals surface area contributed by atoms with E-state index in [2.05, 4.69) is 0 Å². The fourth-order valence-electron chi connectivity index (χ4n) is 3.23. The van der Waals surface area contributed by atoms with Crippen LogP contribution < -0.4 is 0 Å². The zero-order valence-corrected chi connectivity index (χ0v) is 16.5. The van der Waals surface area contributed by atoms with Gasteiger partial charge in [0.2, 0.25) is 0 Å². The van der Waals surface area contributed by atoms with Crippen molar-refractivity contribution in [2.75, 3.05) is 0 Å². The van der Waals surface area contributed by atoms with Gasteiger partial charge in [-0.2, -0.15) is 0 Å². The van der Waals surface area contributed by atoms with Crippen molar-refractivity contribution in [1.29, 1.82) is 0 Å². The molecule has 1 rings (SSSR count). The van der Waals surface area contributed by atoms with Gasteiger partial charge in [-0.1, -0.05) is 13.8 Å². The van der Waals surface area contributed by atoms with E-state index in [0.29, 0.717) is 12.8 Å². The minimum Gasteiger partial charge on any atom is -0.460 e. The molecular formula is C19H34O4. The molecule has 0 radical (unpaired) electrons. The second kappa shape index (κ2) is 5.49. The highest BCUT2D eigenvalue weighted by atomic mass is 16.6. The van der Waals surface area contributed by atoms with Crippen LogP contribution in [-0.4, -0.2) is 23.1 Å². The van der Waals surface area contributed by atoms with Crippen molar-refractivity contribution in [3.05, 3.63) is 0 Å². The molecule has 0 spiro atoms. The van der Waals surface area contributed by atoms with Gasteiger partial charge in [-0.25, -0.2) is 0 Å². The molecule has 0 aliphatic heterocycles. The average molecular weight is 326 g/mol. The summed E-state index contributed by atoms with van der Waals surface area (Å²) in [6, 6.07) is 0. The molecule has 1 saturated carbocycles. The summed E-state index contributed by atoms with van der Waals surface area (Å²) in [6.07, 6.45) is 1.23. The van der Waals surface area contributed by atoms with Crippen molar-refractivity contribution in [1.82, 2.24) is 0 Å². The third-order valence-electron chi connectivity index (χ3n) is 5.58. The Hall–Kier alpha value is -1.06. The molecule has 4 heteroatoms. The first-order valence-electron chi connectivity index (χ1n) is 8.43. The zero-order valence-electron chi connectivity index (χ0n) is 16.5. The van der Waals surface area contributed by atoms with Crippen LogP contribution in [0.4, 0.5) is 0 Å². The van der Waals surface area contributed by atoms with Crippen LogP contribution in [0.5, 0.6) is 0 Å². The minimum absolute atomic E-state index is 0.234. The van der Waals surface area contributed by atoms with Crippen LogP contribution in [0, 0.1) is 16.2 Å². The molecule has 134 valence electrons. The van der Waals surface area contributed by atoms with Crippen LogP contribution in [0.2, 0.25) is 0 Å². The molecule has 23 heavy (non-hydrogen) atoms. The number of carbonyl (C=O) groups excluding carboxylic acids is 2. The van der Waals surface area contributed by atoms with E-state index in [0.717, 1.165) is 0 Å². The van der Waals surface area contributed by atoms with E-state index in [1.54, 1.807) is 0 Å². The van der Waals surface area contributed by atoms with Gasteiger partial charge in [-0.3, -0.25) is 9.59 Å². The molecule has 0 N–H and O–H groups in total. The Balaban J connectivity index is 3.16. The van der Waals surface area contributed by atoms with Crippen LogP contribution in [0.15, 0.2) is 0 Å². The minimum atomic E-state index is -0.716. The first-order valence-corrected chi connectivity index (χ1v) is 8.43. The third kappa shape index (κ3) is 3.56. The van der Waals surface area contributed by atoms with Crippen LogP contribution in [0.3, 0.4) is 0 Å². The summed E-state index contributed by atoms with van der Waals surface area (Å²) in [5.74, 6) is -0.468. The Labute approximate surface area is 141 Å². The lowest BCUT2D eigenvalue weighted by Gasteiger charge is -2.45. The molecule has 0 aromatic carbocycles. The van der Waals surface area contributed by atoms with Crippen molar-refractivity contribution in [3.63, 3.8) is 0 Å². The summed E-state index contributed by atoms with van der Waals surface area (Å²) in [6.45, 7) is 19.0. The molecule has 1 unspecified atom stereocenters. The maximum atomic E-state index is 12.8. The van der Waals surface area contributed by atoms with Crippen molar-refractivity contribution in [2.45, 2.75) is 93.3 Å². The number of carbonyl (C=O) groups is 2. The second-order valence-corrected chi connectivity index (χ2v) is 9.79. The van der Waals surface area contributed by atoms with E-state index < -0.39 is 27.4 Å². The fraction of sp³-hybridized carbons (Fsp3) is 0.895. The van der Waals surface area contributed by atoms with Crippen LogP contribution >= 0.6 is 0 Å². The van der Waals surface area contributed by atoms with Gasteiger partial charge in [0, 0.05) is 0 Å². The van der Waals surface area contributed by atoms with E-state index in [1.165, 1.54) is 0 Å². The van der Waals surface area contributed by atoms with Crippen LogP contribution in [0.1, 0.15) is 82.1 Å². The van der Waals surface area contributed by atoms with Gasteiger partial charge in [0.05, 0.1) is 10.8 Å². The van der Waals surface area contributed by atoms with Crippen molar-refractivity contribution >= 4 is 11.9 Å². The summed E-state index contributed by atoms with van der Waals surface area (Å²) in [5, 5.41) is 0. The molecule has 1 aliphatic rings. The van der Waals surface area contributed by atoms with Crippen molar-refractivity contribution < 1.29 is 19.1 Å². The molecule has 0 heterocycles. The largest absolute Gasteiger partial charge is 0.460 e. The molecule has 0 aromatic heterocycles. The maximum absolute atomic E-state index is 12.8. The summed E-state index contributed by atoms with van der Waals surface area (Å²) < 4.78 is 11.3. The lowest BCUT2D eigenvalue weighted by molar-refractivity contribution is -0.184. The third-order valence-corrected chi connectivity index (χ3v) is 5.58. The predicted octanol–water partition coefficient (Wildman–Crippen LogP) is 4.50. The molecule has 4 nitrogen and oxygen atoms in total. The zero-order chi connectivity index (χ0) is 18.5. The van der Waals surface area contributed by atoms with Crippen molar-refractivity contribution in [3.8, 4) is 0 Å². The lowest BCUT2D eigenvalue weighted by Crippen LogP contribution is -2.51. The Bertz CT molecular complexity index is 448. The molecule has 1 aliphatic carbocycles. The summed E-state index contributed by atoms with van der Waals surface area (Å²) in [4.78, 5) is 25.6.